The molecule has 3 N–H and O–H groups in total. The fourth-order valence-corrected chi connectivity index (χ4v) is 2.22. The summed E-state index contributed by atoms with van der Waals surface area (Å²) in [6.07, 6.45) is 0.869. The Bertz CT molecular complexity index is 444. The van der Waals surface area contributed by atoms with Gasteiger partial charge in [0.25, 0.3) is 5.91 Å². The van der Waals surface area contributed by atoms with E-state index in [0.717, 1.165) is 17.8 Å². The first-order valence-electron chi connectivity index (χ1n) is 5.70. The molecule has 0 atom stereocenters. The molecule has 2 amide bonds. The molecule has 0 aliphatic rings. The number of amides is 2. The van der Waals surface area contributed by atoms with Crippen LogP contribution in [0.25, 0.3) is 0 Å². The lowest BCUT2D eigenvalue weighted by atomic mass is 10.3. The highest BCUT2D eigenvalue weighted by atomic mass is 32.1. The van der Waals surface area contributed by atoms with Gasteiger partial charge in [-0.05, 0) is 13.3 Å². The molecule has 0 saturated carbocycles. The summed E-state index contributed by atoms with van der Waals surface area (Å²) in [6.45, 7) is 4.35. The van der Waals surface area contributed by atoms with Gasteiger partial charge < -0.3 is 16.0 Å². The van der Waals surface area contributed by atoms with Crippen molar-refractivity contribution in [1.82, 2.24) is 15.2 Å². The van der Waals surface area contributed by atoms with Crippen LogP contribution in [-0.2, 0) is 4.79 Å². The molecule has 0 radical (unpaired) electrons. The predicted molar refractivity (Wildman–Crippen MR) is 71.5 cm³/mol. The van der Waals surface area contributed by atoms with Crippen molar-refractivity contribution in [3.8, 4) is 0 Å². The van der Waals surface area contributed by atoms with E-state index in [2.05, 4.69) is 10.3 Å². The quantitative estimate of drug-likeness (QED) is 0.821. The molecule has 1 aromatic heterocycles. The molecule has 6 nitrogen and oxygen atoms in total. The molecule has 0 spiro atoms. The van der Waals surface area contributed by atoms with Gasteiger partial charge in [0, 0.05) is 13.6 Å². The Kier molecular flexibility index (Phi) is 5.08. The largest absolute Gasteiger partial charge is 0.375 e. The van der Waals surface area contributed by atoms with Gasteiger partial charge in [-0.2, -0.15) is 0 Å². The third-order valence-electron chi connectivity index (χ3n) is 2.31. The van der Waals surface area contributed by atoms with E-state index >= 15 is 0 Å². The van der Waals surface area contributed by atoms with Crippen LogP contribution in [0.1, 0.15) is 28.7 Å². The SMILES string of the molecule is CCCNC(=O)CN(C)C(=O)c1sc(N)nc1C. The van der Waals surface area contributed by atoms with Crippen LogP contribution < -0.4 is 11.1 Å². The highest BCUT2D eigenvalue weighted by molar-refractivity contribution is 7.17. The second-order valence-electron chi connectivity index (χ2n) is 3.98. The van der Waals surface area contributed by atoms with Crippen molar-refractivity contribution < 1.29 is 9.59 Å². The molecule has 0 fully saturated rings. The molecule has 0 aliphatic carbocycles. The van der Waals surface area contributed by atoms with Crippen LogP contribution in [0, 0.1) is 6.92 Å². The Labute approximate surface area is 110 Å². The van der Waals surface area contributed by atoms with E-state index in [-0.39, 0.29) is 18.4 Å². The summed E-state index contributed by atoms with van der Waals surface area (Å²) in [7, 11) is 1.59. The van der Waals surface area contributed by atoms with Crippen molar-refractivity contribution in [2.24, 2.45) is 0 Å². The molecule has 7 heteroatoms. The Balaban J connectivity index is 2.61. The Morgan fingerprint density at radius 3 is 2.67 bits per heavy atom. The smallest absolute Gasteiger partial charge is 0.266 e. The number of hydrogen-bond donors (Lipinski definition) is 2. The number of nitrogens with zero attached hydrogens (tertiary/aromatic N) is 2. The number of nitrogens with one attached hydrogen (secondary N) is 1. The van der Waals surface area contributed by atoms with Crippen LogP contribution >= 0.6 is 11.3 Å². The molecule has 1 heterocycles. The molecule has 1 rings (SSSR count). The van der Waals surface area contributed by atoms with Crippen LogP contribution in [0.3, 0.4) is 0 Å². The molecule has 0 saturated heterocycles. The van der Waals surface area contributed by atoms with Crippen molar-refractivity contribution in [3.63, 3.8) is 0 Å². The monoisotopic (exact) mass is 270 g/mol. The van der Waals surface area contributed by atoms with Crippen LogP contribution in [0.5, 0.6) is 0 Å². The third-order valence-corrected chi connectivity index (χ3v) is 3.28. The van der Waals surface area contributed by atoms with Crippen molar-refractivity contribution in [3.05, 3.63) is 10.6 Å². The number of carbonyl (C=O) groups excluding carboxylic acids is 2. The van der Waals surface area contributed by atoms with Gasteiger partial charge in [-0.15, -0.1) is 0 Å². The summed E-state index contributed by atoms with van der Waals surface area (Å²) in [4.78, 5) is 29.4. The Hall–Kier alpha value is -1.63. The summed E-state index contributed by atoms with van der Waals surface area (Å²) >= 11 is 1.14. The molecule has 0 bridgehead atoms. The second kappa shape index (κ2) is 6.34. The van der Waals surface area contributed by atoms with Crippen LogP contribution in [0.15, 0.2) is 0 Å². The number of nitrogens with two attached hydrogens (primary N) is 1. The first-order valence-corrected chi connectivity index (χ1v) is 6.52. The summed E-state index contributed by atoms with van der Waals surface area (Å²) in [5, 5.41) is 3.08. The molecule has 0 aromatic carbocycles. The number of nitrogen functional groups attached to an aromatic ring is 1. The lowest BCUT2D eigenvalue weighted by Gasteiger charge is -2.15. The average Bonchev–Trinajstić information content (AvgIpc) is 2.64. The number of thiazole rings is 1. The van der Waals surface area contributed by atoms with Crippen molar-refractivity contribution in [2.75, 3.05) is 25.9 Å². The van der Waals surface area contributed by atoms with E-state index in [1.54, 1.807) is 14.0 Å². The molecule has 0 aliphatic heterocycles. The molecule has 100 valence electrons. The maximum Gasteiger partial charge on any atom is 0.266 e. The van der Waals surface area contributed by atoms with Gasteiger partial charge in [-0.1, -0.05) is 18.3 Å². The van der Waals surface area contributed by atoms with E-state index in [1.165, 1.54) is 4.90 Å². The topological polar surface area (TPSA) is 88.3 Å². The summed E-state index contributed by atoms with van der Waals surface area (Å²) in [5.74, 6) is -0.392. The third kappa shape index (κ3) is 3.69. The summed E-state index contributed by atoms with van der Waals surface area (Å²) in [6, 6.07) is 0. The standard InChI is InChI=1S/C11H18N4O2S/c1-4-5-13-8(16)6-15(3)10(17)9-7(2)14-11(12)18-9/h4-6H2,1-3H3,(H2,12,14)(H,13,16). The van der Waals surface area contributed by atoms with Gasteiger partial charge in [0.1, 0.15) is 4.88 Å². The highest BCUT2D eigenvalue weighted by Gasteiger charge is 2.19. The normalized spacial score (nSPS) is 10.2. The second-order valence-corrected chi connectivity index (χ2v) is 5.01. The molecule has 0 unspecified atom stereocenters. The molecular formula is C11H18N4O2S. The van der Waals surface area contributed by atoms with Gasteiger partial charge in [-0.3, -0.25) is 9.59 Å². The van der Waals surface area contributed by atoms with Gasteiger partial charge in [0.15, 0.2) is 5.13 Å². The fraction of sp³-hybridized carbons (Fsp3) is 0.545. The Morgan fingerprint density at radius 1 is 1.50 bits per heavy atom. The predicted octanol–water partition coefficient (Wildman–Crippen LogP) is 0.632. The van der Waals surface area contributed by atoms with Crippen molar-refractivity contribution >= 4 is 28.3 Å². The number of hydrogen-bond acceptors (Lipinski definition) is 5. The zero-order valence-corrected chi connectivity index (χ0v) is 11.6. The van der Waals surface area contributed by atoms with E-state index in [0.29, 0.717) is 22.2 Å². The zero-order chi connectivity index (χ0) is 13.7. The lowest BCUT2D eigenvalue weighted by molar-refractivity contribution is -0.121. The first kappa shape index (κ1) is 14.4. The van der Waals surface area contributed by atoms with E-state index in [1.807, 2.05) is 6.92 Å². The number of anilines is 1. The maximum absolute atomic E-state index is 12.0. The van der Waals surface area contributed by atoms with Gasteiger partial charge in [0.2, 0.25) is 5.91 Å². The zero-order valence-electron chi connectivity index (χ0n) is 10.8. The number of carbonyl (C=O) groups is 2. The van der Waals surface area contributed by atoms with E-state index in [9.17, 15) is 9.59 Å². The number of aromatic nitrogens is 1. The minimum Gasteiger partial charge on any atom is -0.375 e. The van der Waals surface area contributed by atoms with Crippen LogP contribution in [-0.4, -0.2) is 41.8 Å². The lowest BCUT2D eigenvalue weighted by Crippen LogP contribution is -2.38. The first-order chi connectivity index (χ1) is 8.45. The van der Waals surface area contributed by atoms with Crippen LogP contribution in [0.4, 0.5) is 5.13 Å². The number of rotatable bonds is 5. The minimum atomic E-state index is -0.228. The molecular weight excluding hydrogens is 252 g/mol. The molecule has 1 aromatic rings. The van der Waals surface area contributed by atoms with Gasteiger partial charge in [0.05, 0.1) is 12.2 Å². The average molecular weight is 270 g/mol. The van der Waals surface area contributed by atoms with Gasteiger partial charge in [-0.25, -0.2) is 4.98 Å². The fourth-order valence-electron chi connectivity index (χ4n) is 1.40. The minimum absolute atomic E-state index is 0.0378. The van der Waals surface area contributed by atoms with Crippen molar-refractivity contribution in [1.29, 1.82) is 0 Å². The Morgan fingerprint density at radius 2 is 2.17 bits per heavy atom. The highest BCUT2D eigenvalue weighted by Crippen LogP contribution is 2.20. The molecule has 18 heavy (non-hydrogen) atoms. The maximum atomic E-state index is 12.0. The summed E-state index contributed by atoms with van der Waals surface area (Å²) in [5.41, 5.74) is 6.14. The summed E-state index contributed by atoms with van der Waals surface area (Å²) < 4.78 is 0. The number of aryl methyl sites for hydroxylation is 1. The van der Waals surface area contributed by atoms with Crippen LogP contribution in [0.2, 0.25) is 0 Å². The van der Waals surface area contributed by atoms with Gasteiger partial charge >= 0.3 is 0 Å². The number of likely N-dealkylation sites (N-methyl/N-ethyl adjacent to an activating group) is 1. The van der Waals surface area contributed by atoms with E-state index in [4.69, 9.17) is 5.73 Å². The van der Waals surface area contributed by atoms with E-state index < -0.39 is 0 Å². The van der Waals surface area contributed by atoms with Crippen molar-refractivity contribution in [2.45, 2.75) is 20.3 Å².